The Labute approximate surface area is 106 Å². The molecule has 0 amide bonds. The second-order valence-corrected chi connectivity index (χ2v) is 5.20. The SMILES string of the molecule is COC12C=CC(c3ccccc31)C1(C2)OCCO1. The topological polar surface area (TPSA) is 27.7 Å². The molecule has 0 aromatic heterocycles. The van der Waals surface area contributed by atoms with Crippen LogP contribution in [0.5, 0.6) is 0 Å². The van der Waals surface area contributed by atoms with Crippen LogP contribution < -0.4 is 0 Å². The summed E-state index contributed by atoms with van der Waals surface area (Å²) < 4.78 is 17.7. The number of rotatable bonds is 1. The Morgan fingerprint density at radius 2 is 2.00 bits per heavy atom. The molecule has 1 spiro atoms. The summed E-state index contributed by atoms with van der Waals surface area (Å²) in [6, 6.07) is 8.44. The molecule has 5 rings (SSSR count). The number of hydrogen-bond donors (Lipinski definition) is 0. The van der Waals surface area contributed by atoms with Gasteiger partial charge < -0.3 is 14.2 Å². The van der Waals surface area contributed by atoms with E-state index >= 15 is 0 Å². The maximum atomic E-state index is 5.95. The van der Waals surface area contributed by atoms with Gasteiger partial charge in [0.2, 0.25) is 0 Å². The fourth-order valence-corrected chi connectivity index (χ4v) is 3.61. The van der Waals surface area contributed by atoms with Crippen LogP contribution in [0.4, 0.5) is 0 Å². The van der Waals surface area contributed by atoms with Gasteiger partial charge in [0.1, 0.15) is 5.60 Å². The fraction of sp³-hybridized carbons (Fsp3) is 0.467. The summed E-state index contributed by atoms with van der Waals surface area (Å²) in [5.41, 5.74) is 2.13. The van der Waals surface area contributed by atoms with E-state index in [1.54, 1.807) is 7.11 Å². The molecule has 1 aliphatic heterocycles. The molecule has 3 aliphatic carbocycles. The lowest BCUT2D eigenvalue weighted by Gasteiger charge is -2.51. The van der Waals surface area contributed by atoms with Crippen molar-refractivity contribution in [3.63, 3.8) is 0 Å². The van der Waals surface area contributed by atoms with Crippen molar-refractivity contribution in [1.29, 1.82) is 0 Å². The Kier molecular flexibility index (Phi) is 2.05. The lowest BCUT2D eigenvalue weighted by molar-refractivity contribution is -0.215. The molecule has 2 unspecified atom stereocenters. The molecule has 0 saturated carbocycles. The molecule has 1 aromatic rings. The Balaban J connectivity index is 1.94. The quantitative estimate of drug-likeness (QED) is 0.710. The first-order valence-corrected chi connectivity index (χ1v) is 6.42. The predicted octanol–water partition coefficient (Wildman–Crippen LogP) is 2.33. The van der Waals surface area contributed by atoms with Crippen LogP contribution in [0.2, 0.25) is 0 Å². The van der Waals surface area contributed by atoms with E-state index in [2.05, 4.69) is 36.4 Å². The zero-order valence-corrected chi connectivity index (χ0v) is 10.4. The number of hydrogen-bond acceptors (Lipinski definition) is 3. The molecule has 0 N–H and O–H groups in total. The van der Waals surface area contributed by atoms with Gasteiger partial charge in [0, 0.05) is 13.5 Å². The first-order chi connectivity index (χ1) is 8.80. The Hall–Kier alpha value is -1.16. The molecular weight excluding hydrogens is 228 g/mol. The third-order valence-electron chi connectivity index (χ3n) is 4.43. The van der Waals surface area contributed by atoms with Gasteiger partial charge >= 0.3 is 0 Å². The van der Waals surface area contributed by atoms with E-state index in [9.17, 15) is 0 Å². The van der Waals surface area contributed by atoms with E-state index in [4.69, 9.17) is 14.2 Å². The minimum absolute atomic E-state index is 0.188. The summed E-state index contributed by atoms with van der Waals surface area (Å²) in [4.78, 5) is 0. The van der Waals surface area contributed by atoms with Crippen LogP contribution in [0.3, 0.4) is 0 Å². The molecule has 94 valence electrons. The summed E-state index contributed by atoms with van der Waals surface area (Å²) in [6.45, 7) is 1.35. The standard InChI is InChI=1S/C15H16O3/c1-16-14-7-6-13(11-4-2-3-5-12(11)14)15(10-14)17-8-9-18-15/h2-7,13H,8-10H2,1H3. The van der Waals surface area contributed by atoms with Crippen LogP contribution in [-0.4, -0.2) is 26.1 Å². The van der Waals surface area contributed by atoms with Crippen molar-refractivity contribution < 1.29 is 14.2 Å². The number of benzene rings is 1. The molecule has 3 heteroatoms. The molecule has 2 bridgehead atoms. The van der Waals surface area contributed by atoms with E-state index in [0.29, 0.717) is 13.2 Å². The van der Waals surface area contributed by atoms with Gasteiger partial charge in [0.15, 0.2) is 5.79 Å². The predicted molar refractivity (Wildman–Crippen MR) is 66.3 cm³/mol. The van der Waals surface area contributed by atoms with Gasteiger partial charge in [0.25, 0.3) is 0 Å². The first kappa shape index (κ1) is 10.7. The third kappa shape index (κ3) is 1.14. The average molecular weight is 244 g/mol. The highest BCUT2D eigenvalue weighted by atomic mass is 16.7. The maximum absolute atomic E-state index is 5.95. The van der Waals surface area contributed by atoms with E-state index in [0.717, 1.165) is 6.42 Å². The maximum Gasteiger partial charge on any atom is 0.182 e. The summed E-state index contributed by atoms with van der Waals surface area (Å²) in [5.74, 6) is -0.327. The summed E-state index contributed by atoms with van der Waals surface area (Å²) in [6.07, 6.45) is 5.09. The molecule has 1 aromatic carbocycles. The Morgan fingerprint density at radius 3 is 2.78 bits per heavy atom. The Morgan fingerprint density at radius 1 is 1.22 bits per heavy atom. The van der Waals surface area contributed by atoms with Gasteiger partial charge in [-0.25, -0.2) is 0 Å². The highest BCUT2D eigenvalue weighted by Gasteiger charge is 2.58. The molecule has 1 fully saturated rings. The molecular formula is C15H16O3. The third-order valence-corrected chi connectivity index (χ3v) is 4.43. The lowest BCUT2D eigenvalue weighted by Crippen LogP contribution is -2.52. The normalized spacial score (nSPS) is 35.1. The van der Waals surface area contributed by atoms with Crippen LogP contribution in [0, 0.1) is 0 Å². The zero-order chi connectivity index (χ0) is 12.2. The zero-order valence-electron chi connectivity index (χ0n) is 10.4. The highest BCUT2D eigenvalue weighted by molar-refractivity contribution is 5.49. The lowest BCUT2D eigenvalue weighted by atomic mass is 9.65. The molecule has 18 heavy (non-hydrogen) atoms. The minimum Gasteiger partial charge on any atom is -0.369 e. The summed E-state index contributed by atoms with van der Waals surface area (Å²) in [7, 11) is 1.76. The van der Waals surface area contributed by atoms with Crippen molar-refractivity contribution in [2.24, 2.45) is 0 Å². The van der Waals surface area contributed by atoms with Crippen molar-refractivity contribution in [2.45, 2.75) is 23.7 Å². The van der Waals surface area contributed by atoms with E-state index in [1.807, 2.05) is 0 Å². The molecule has 1 heterocycles. The first-order valence-electron chi connectivity index (χ1n) is 6.42. The fourth-order valence-electron chi connectivity index (χ4n) is 3.61. The van der Waals surface area contributed by atoms with Crippen molar-refractivity contribution >= 4 is 0 Å². The minimum atomic E-state index is -0.515. The summed E-state index contributed by atoms with van der Waals surface area (Å²) in [5, 5.41) is 0. The van der Waals surface area contributed by atoms with Crippen molar-refractivity contribution in [2.75, 3.05) is 20.3 Å². The van der Waals surface area contributed by atoms with E-state index < -0.39 is 11.4 Å². The van der Waals surface area contributed by atoms with Gasteiger partial charge in [-0.05, 0) is 11.1 Å². The van der Waals surface area contributed by atoms with E-state index in [-0.39, 0.29) is 5.92 Å². The number of ether oxygens (including phenoxy) is 3. The van der Waals surface area contributed by atoms with Gasteiger partial charge in [-0.15, -0.1) is 0 Å². The summed E-state index contributed by atoms with van der Waals surface area (Å²) >= 11 is 0. The largest absolute Gasteiger partial charge is 0.369 e. The average Bonchev–Trinajstić information content (AvgIpc) is 2.88. The molecule has 0 radical (unpaired) electrons. The van der Waals surface area contributed by atoms with Crippen LogP contribution in [0.15, 0.2) is 36.4 Å². The van der Waals surface area contributed by atoms with Gasteiger partial charge in [-0.2, -0.15) is 0 Å². The Bertz CT molecular complexity index is 516. The van der Waals surface area contributed by atoms with Crippen LogP contribution in [-0.2, 0) is 19.8 Å². The number of methoxy groups -OCH3 is 1. The van der Waals surface area contributed by atoms with Crippen molar-refractivity contribution in [1.82, 2.24) is 0 Å². The van der Waals surface area contributed by atoms with Crippen LogP contribution >= 0.6 is 0 Å². The van der Waals surface area contributed by atoms with Crippen molar-refractivity contribution in [3.8, 4) is 0 Å². The molecule has 3 nitrogen and oxygen atoms in total. The van der Waals surface area contributed by atoms with Gasteiger partial charge in [-0.3, -0.25) is 0 Å². The van der Waals surface area contributed by atoms with Gasteiger partial charge in [0.05, 0.1) is 19.1 Å². The van der Waals surface area contributed by atoms with Crippen LogP contribution in [0.1, 0.15) is 23.5 Å². The van der Waals surface area contributed by atoms with Crippen LogP contribution in [0.25, 0.3) is 0 Å². The van der Waals surface area contributed by atoms with E-state index in [1.165, 1.54) is 11.1 Å². The highest BCUT2D eigenvalue weighted by Crippen LogP contribution is 2.56. The second-order valence-electron chi connectivity index (χ2n) is 5.20. The monoisotopic (exact) mass is 244 g/mol. The molecule has 1 saturated heterocycles. The molecule has 2 atom stereocenters. The van der Waals surface area contributed by atoms with Crippen molar-refractivity contribution in [3.05, 3.63) is 47.5 Å². The molecule has 4 aliphatic rings. The van der Waals surface area contributed by atoms with Gasteiger partial charge in [-0.1, -0.05) is 36.4 Å². The smallest absolute Gasteiger partial charge is 0.182 e. The second kappa shape index (κ2) is 3.44.